The maximum absolute atomic E-state index is 12.8. The first-order valence-electron chi connectivity index (χ1n) is 9.43. The third-order valence-corrected chi connectivity index (χ3v) is 10.9. The fourth-order valence-corrected chi connectivity index (χ4v) is 8.61. The van der Waals surface area contributed by atoms with Crippen molar-refractivity contribution in [3.63, 3.8) is 0 Å². The van der Waals surface area contributed by atoms with Gasteiger partial charge >= 0.3 is 26.4 Å². The SMILES string of the molecule is CO[SiH-]O[S+](CCCn1c(=O)n(CC[S-])c(=O)n(C2CCO2)c1=O)O[SiH](C)O[SiH-]C. The van der Waals surface area contributed by atoms with Crippen LogP contribution in [0.4, 0.5) is 0 Å². The molecule has 3 unspecified atom stereocenters. The standard InChI is InChI=1S/C14H28N3O8S2Si3/c1-21-29-23-27(24-30(3)25-28-2)10-4-6-15-12(18)16(7-9-26)14(20)17(13(15)19)11-5-8-22-11/h11,26,28-30H,4-10H2,1-3H3/q-1/p-1. The van der Waals surface area contributed by atoms with Gasteiger partial charge in [-0.3, -0.25) is 0 Å². The summed E-state index contributed by atoms with van der Waals surface area (Å²) in [6, 6.07) is 0. The van der Waals surface area contributed by atoms with Crippen molar-refractivity contribution >= 4 is 53.1 Å². The van der Waals surface area contributed by atoms with Crippen molar-refractivity contribution in [2.75, 3.05) is 25.2 Å². The molecule has 16 heteroatoms. The minimum absolute atomic E-state index is 0.0631. The van der Waals surface area contributed by atoms with Crippen LogP contribution in [0, 0.1) is 0 Å². The fourth-order valence-electron chi connectivity index (χ4n) is 2.71. The van der Waals surface area contributed by atoms with Gasteiger partial charge in [0.1, 0.15) is 6.23 Å². The molecule has 2 heterocycles. The molecule has 1 fully saturated rings. The number of hydrogen-bond donors (Lipinski definition) is 0. The minimum atomic E-state index is -1.81. The summed E-state index contributed by atoms with van der Waals surface area (Å²) in [5, 5.41) is 0. The topological polar surface area (TPSA) is 112 Å². The zero-order chi connectivity index (χ0) is 22.1. The van der Waals surface area contributed by atoms with Gasteiger partial charge in [-0.25, -0.2) is 28.1 Å². The lowest BCUT2D eigenvalue weighted by molar-refractivity contribution is -0.106. The summed E-state index contributed by atoms with van der Waals surface area (Å²) in [6.07, 6.45) is 0.355. The van der Waals surface area contributed by atoms with E-state index in [1.165, 1.54) is 0 Å². The highest BCUT2D eigenvalue weighted by atomic mass is 32.2. The van der Waals surface area contributed by atoms with Crippen LogP contribution in [-0.4, -0.2) is 68.0 Å². The molecular weight excluding hydrogens is 487 g/mol. The molecule has 0 amide bonds. The number of ether oxygens (including phenoxy) is 1. The lowest BCUT2D eigenvalue weighted by atomic mass is 10.3. The quantitative estimate of drug-likeness (QED) is 0.154. The van der Waals surface area contributed by atoms with Gasteiger partial charge in [-0.2, -0.15) is 25.9 Å². The molecular formula is C14H27N3O8S2Si3-2. The van der Waals surface area contributed by atoms with Crippen LogP contribution in [0.3, 0.4) is 0 Å². The highest BCUT2D eigenvalue weighted by Crippen LogP contribution is 2.19. The van der Waals surface area contributed by atoms with E-state index < -0.39 is 54.0 Å². The molecule has 0 radical (unpaired) electrons. The Morgan fingerprint density at radius 1 is 1.23 bits per heavy atom. The normalized spacial score (nSPS) is 18.2. The molecule has 1 aromatic rings. The second kappa shape index (κ2) is 13.2. The van der Waals surface area contributed by atoms with Crippen molar-refractivity contribution in [3.05, 3.63) is 31.5 Å². The molecule has 2 rings (SSSR count). The summed E-state index contributed by atoms with van der Waals surface area (Å²) in [4.78, 5) is 38.2. The predicted octanol–water partition coefficient (Wildman–Crippen LogP) is -2.31. The van der Waals surface area contributed by atoms with Crippen molar-refractivity contribution in [2.45, 2.75) is 45.3 Å². The second-order valence-electron chi connectivity index (χ2n) is 6.16. The summed E-state index contributed by atoms with van der Waals surface area (Å²) >= 11 is 4.10. The Morgan fingerprint density at radius 2 is 1.90 bits per heavy atom. The number of nitrogens with zero attached hydrogens (tertiary/aromatic N) is 3. The van der Waals surface area contributed by atoms with Crippen LogP contribution in [0.2, 0.25) is 13.1 Å². The molecule has 1 saturated heterocycles. The van der Waals surface area contributed by atoms with E-state index in [0.717, 1.165) is 13.7 Å². The summed E-state index contributed by atoms with van der Waals surface area (Å²) < 4.78 is 30.5. The van der Waals surface area contributed by atoms with Gasteiger partial charge in [0, 0.05) is 25.9 Å². The average molecular weight is 514 g/mol. The third kappa shape index (κ3) is 6.78. The molecule has 0 saturated carbocycles. The van der Waals surface area contributed by atoms with Gasteiger partial charge in [0.05, 0.1) is 16.6 Å². The average Bonchev–Trinajstić information content (AvgIpc) is 2.67. The first-order chi connectivity index (χ1) is 14.4. The number of hydrogen-bond acceptors (Lipinski definition) is 9. The summed E-state index contributed by atoms with van der Waals surface area (Å²) in [7, 11) is -1.05. The second-order valence-corrected chi connectivity index (χ2v) is 12.5. The first-order valence-corrected chi connectivity index (χ1v) is 15.9. The van der Waals surface area contributed by atoms with Crippen LogP contribution in [0.15, 0.2) is 14.4 Å². The van der Waals surface area contributed by atoms with Gasteiger partial charge in [0.25, 0.3) is 11.5 Å². The fraction of sp³-hybridized carbons (Fsp3) is 0.786. The third-order valence-electron chi connectivity index (χ3n) is 4.12. The monoisotopic (exact) mass is 513 g/mol. The van der Waals surface area contributed by atoms with E-state index in [1.54, 1.807) is 7.11 Å². The summed E-state index contributed by atoms with van der Waals surface area (Å²) in [5.41, 5.74) is -2.00. The van der Waals surface area contributed by atoms with E-state index in [0.29, 0.717) is 25.2 Å². The first kappa shape index (κ1) is 25.8. The maximum atomic E-state index is 12.8. The van der Waals surface area contributed by atoms with Crippen LogP contribution >= 0.6 is 0 Å². The molecule has 30 heavy (non-hydrogen) atoms. The maximum Gasteiger partial charge on any atom is 0.350 e. The number of aromatic nitrogens is 3. The van der Waals surface area contributed by atoms with Crippen molar-refractivity contribution < 1.29 is 21.0 Å². The van der Waals surface area contributed by atoms with Gasteiger partial charge in [-0.1, -0.05) is 0 Å². The van der Waals surface area contributed by atoms with Gasteiger partial charge in [-0.05, 0) is 13.7 Å². The lowest BCUT2D eigenvalue weighted by Gasteiger charge is -2.28. The van der Waals surface area contributed by atoms with Gasteiger partial charge in [0.15, 0.2) is 5.75 Å². The molecule has 1 aromatic heterocycles. The Kier molecular flexibility index (Phi) is 11.3. The van der Waals surface area contributed by atoms with Gasteiger partial charge < -0.3 is 29.8 Å². The van der Waals surface area contributed by atoms with E-state index >= 15 is 0 Å². The van der Waals surface area contributed by atoms with Crippen molar-refractivity contribution in [2.24, 2.45) is 0 Å². The zero-order valence-corrected chi connectivity index (χ0v) is 22.3. The van der Waals surface area contributed by atoms with E-state index in [4.69, 9.17) is 33.7 Å². The van der Waals surface area contributed by atoms with Crippen LogP contribution in [-0.2, 0) is 58.2 Å². The van der Waals surface area contributed by atoms with Crippen molar-refractivity contribution in [1.82, 2.24) is 13.7 Å². The van der Waals surface area contributed by atoms with E-state index in [1.807, 2.05) is 13.1 Å². The van der Waals surface area contributed by atoms with Crippen molar-refractivity contribution in [1.29, 1.82) is 0 Å². The zero-order valence-electron chi connectivity index (χ0n) is 17.2. The molecule has 0 aromatic carbocycles. The van der Waals surface area contributed by atoms with E-state index in [2.05, 4.69) is 0 Å². The highest BCUT2D eigenvalue weighted by molar-refractivity contribution is 7.89. The Hall–Kier alpha value is -0.439. The Labute approximate surface area is 189 Å². The van der Waals surface area contributed by atoms with E-state index in [-0.39, 0.29) is 28.6 Å². The van der Waals surface area contributed by atoms with Crippen LogP contribution < -0.4 is 17.1 Å². The van der Waals surface area contributed by atoms with Crippen LogP contribution in [0.1, 0.15) is 19.1 Å². The van der Waals surface area contributed by atoms with Gasteiger partial charge in [0.2, 0.25) is 0 Å². The van der Waals surface area contributed by atoms with Crippen LogP contribution in [0.25, 0.3) is 0 Å². The molecule has 11 nitrogen and oxygen atoms in total. The Balaban J connectivity index is 2.17. The molecule has 172 valence electrons. The summed E-state index contributed by atoms with van der Waals surface area (Å²) in [6.45, 7) is 4.56. The molecule has 1 aliphatic heterocycles. The Morgan fingerprint density at radius 3 is 2.43 bits per heavy atom. The minimum Gasteiger partial charge on any atom is -0.791 e. The molecule has 0 bridgehead atoms. The largest absolute Gasteiger partial charge is 0.791 e. The van der Waals surface area contributed by atoms with Crippen LogP contribution in [0.5, 0.6) is 0 Å². The lowest BCUT2D eigenvalue weighted by Crippen LogP contribution is -2.57. The molecule has 3 atom stereocenters. The smallest absolute Gasteiger partial charge is 0.350 e. The molecule has 1 aliphatic rings. The molecule has 0 N–H and O–H groups in total. The Bertz CT molecular complexity index is 847. The van der Waals surface area contributed by atoms with Gasteiger partial charge in [-0.15, -0.1) is 0 Å². The van der Waals surface area contributed by atoms with Crippen molar-refractivity contribution in [3.8, 4) is 0 Å². The highest BCUT2D eigenvalue weighted by Gasteiger charge is 2.28. The number of rotatable bonds is 14. The molecule has 0 aliphatic carbocycles. The van der Waals surface area contributed by atoms with E-state index in [9.17, 15) is 14.4 Å². The molecule has 0 spiro atoms. The predicted molar refractivity (Wildman–Crippen MR) is 121 cm³/mol. The summed E-state index contributed by atoms with van der Waals surface area (Å²) in [5.74, 6) is 0.661.